The van der Waals surface area contributed by atoms with Gasteiger partial charge in [-0.3, -0.25) is 0 Å². The third kappa shape index (κ3) is 1.64. The second-order valence-electron chi connectivity index (χ2n) is 3.98. The molecule has 0 atom stereocenters. The van der Waals surface area contributed by atoms with Gasteiger partial charge in [-0.1, -0.05) is 39.4 Å². The number of hydrogen-bond donors (Lipinski definition) is 0. The average Bonchev–Trinajstić information content (AvgIpc) is 2.66. The predicted octanol–water partition coefficient (Wildman–Crippen LogP) is 3.59. The smallest absolute Gasteiger partial charge is 0.00402 e. The summed E-state index contributed by atoms with van der Waals surface area (Å²) in [7, 11) is 0. The summed E-state index contributed by atoms with van der Waals surface area (Å²) in [6.07, 6.45) is 5.08. The van der Waals surface area contributed by atoms with Crippen LogP contribution in [0, 0.1) is 11.3 Å². The fourth-order valence-electron chi connectivity index (χ4n) is 1.79. The van der Waals surface area contributed by atoms with E-state index in [0.29, 0.717) is 5.41 Å². The van der Waals surface area contributed by atoms with Gasteiger partial charge in [0, 0.05) is 5.41 Å². The number of hydrogen-bond acceptors (Lipinski definition) is 1. The molecule has 1 aliphatic rings. The van der Waals surface area contributed by atoms with E-state index in [-0.39, 0.29) is 0 Å². The fourth-order valence-corrected chi connectivity index (χ4v) is 2.43. The van der Waals surface area contributed by atoms with Gasteiger partial charge in [0.05, 0.1) is 0 Å². The lowest BCUT2D eigenvalue weighted by atomic mass is 9.87. The quantitative estimate of drug-likeness (QED) is 0.581. The first kappa shape index (κ1) is 9.18. The number of thiocarbonyl (C=S) groups is 1. The summed E-state index contributed by atoms with van der Waals surface area (Å²) in [6, 6.07) is 0. The van der Waals surface area contributed by atoms with Gasteiger partial charge < -0.3 is 0 Å². The molecule has 0 aromatic rings. The van der Waals surface area contributed by atoms with Crippen LogP contribution in [0.4, 0.5) is 0 Å². The Morgan fingerprint density at radius 3 is 2.27 bits per heavy atom. The van der Waals surface area contributed by atoms with Crippen molar-refractivity contribution in [2.45, 2.75) is 46.5 Å². The Kier molecular flexibility index (Phi) is 2.69. The minimum atomic E-state index is 0.491. The van der Waals surface area contributed by atoms with Crippen molar-refractivity contribution >= 4 is 17.1 Å². The van der Waals surface area contributed by atoms with E-state index in [4.69, 9.17) is 12.2 Å². The molecule has 1 saturated carbocycles. The van der Waals surface area contributed by atoms with Crippen molar-refractivity contribution in [2.24, 2.45) is 11.3 Å². The van der Waals surface area contributed by atoms with Crippen molar-refractivity contribution in [3.8, 4) is 0 Å². The Balaban J connectivity index is 2.51. The van der Waals surface area contributed by atoms with Crippen molar-refractivity contribution in [3.05, 3.63) is 0 Å². The van der Waals surface area contributed by atoms with Gasteiger partial charge in [-0.15, -0.1) is 0 Å². The molecule has 0 aromatic carbocycles. The zero-order chi connectivity index (χ0) is 8.48. The maximum atomic E-state index is 5.43. The third-order valence-corrected chi connectivity index (χ3v) is 3.54. The molecule has 0 radical (unpaired) electrons. The molecule has 0 N–H and O–H groups in total. The molecule has 0 unspecified atom stereocenters. The van der Waals surface area contributed by atoms with Crippen LogP contribution in [0.15, 0.2) is 0 Å². The summed E-state index contributed by atoms with van der Waals surface area (Å²) in [5.41, 5.74) is 0.491. The van der Waals surface area contributed by atoms with E-state index in [2.05, 4.69) is 20.8 Å². The number of rotatable bonds is 4. The average molecular weight is 170 g/mol. The van der Waals surface area contributed by atoms with Crippen LogP contribution in [0.2, 0.25) is 0 Å². The van der Waals surface area contributed by atoms with Gasteiger partial charge in [-0.2, -0.15) is 0 Å². The van der Waals surface area contributed by atoms with Gasteiger partial charge in [0.25, 0.3) is 0 Å². The van der Waals surface area contributed by atoms with E-state index < -0.39 is 0 Å². The largest absolute Gasteiger partial charge is 0.0891 e. The topological polar surface area (TPSA) is 0 Å². The zero-order valence-corrected chi connectivity index (χ0v) is 8.63. The summed E-state index contributed by atoms with van der Waals surface area (Å²) in [4.78, 5) is 1.34. The molecule has 1 heteroatoms. The van der Waals surface area contributed by atoms with Gasteiger partial charge in [-0.05, 0) is 30.0 Å². The van der Waals surface area contributed by atoms with Crippen molar-refractivity contribution < 1.29 is 0 Å². The standard InChI is InChI=1S/C10H18S/c1-4-5-9(11)10(6-7-10)8(2)3/h8H,4-7H2,1-3H3. The second-order valence-corrected chi connectivity index (χ2v) is 4.48. The zero-order valence-electron chi connectivity index (χ0n) is 7.81. The first-order chi connectivity index (χ1) is 5.13. The van der Waals surface area contributed by atoms with Crippen molar-refractivity contribution in [3.63, 3.8) is 0 Å². The molecule has 0 amide bonds. The third-order valence-electron chi connectivity index (χ3n) is 2.93. The Morgan fingerprint density at radius 1 is 1.45 bits per heavy atom. The molecular weight excluding hydrogens is 152 g/mol. The molecule has 0 nitrogen and oxygen atoms in total. The van der Waals surface area contributed by atoms with E-state index >= 15 is 0 Å². The Morgan fingerprint density at radius 2 is 2.00 bits per heavy atom. The monoisotopic (exact) mass is 170 g/mol. The summed E-state index contributed by atoms with van der Waals surface area (Å²) >= 11 is 5.43. The summed E-state index contributed by atoms with van der Waals surface area (Å²) in [5.74, 6) is 0.765. The molecule has 0 bridgehead atoms. The Bertz CT molecular complexity index is 154. The minimum Gasteiger partial charge on any atom is -0.0891 e. The predicted molar refractivity (Wildman–Crippen MR) is 54.0 cm³/mol. The lowest BCUT2D eigenvalue weighted by molar-refractivity contribution is 0.476. The molecule has 1 fully saturated rings. The molecule has 1 rings (SSSR count). The highest BCUT2D eigenvalue weighted by molar-refractivity contribution is 7.80. The lowest BCUT2D eigenvalue weighted by Gasteiger charge is -2.20. The Hall–Kier alpha value is 0.0900. The molecule has 0 heterocycles. The highest BCUT2D eigenvalue weighted by Gasteiger charge is 2.47. The van der Waals surface area contributed by atoms with Crippen LogP contribution >= 0.6 is 12.2 Å². The summed E-state index contributed by atoms with van der Waals surface area (Å²) in [6.45, 7) is 6.81. The molecule has 64 valence electrons. The van der Waals surface area contributed by atoms with Gasteiger partial charge >= 0.3 is 0 Å². The highest BCUT2D eigenvalue weighted by Crippen LogP contribution is 2.53. The first-order valence-corrected chi connectivity index (χ1v) is 5.07. The van der Waals surface area contributed by atoms with Gasteiger partial charge in [0.1, 0.15) is 0 Å². The van der Waals surface area contributed by atoms with Crippen LogP contribution in [-0.2, 0) is 0 Å². The van der Waals surface area contributed by atoms with Crippen molar-refractivity contribution in [1.82, 2.24) is 0 Å². The SMILES string of the molecule is CCCC(=S)C1(C(C)C)CC1. The lowest BCUT2D eigenvalue weighted by Crippen LogP contribution is -2.19. The van der Waals surface area contributed by atoms with Crippen LogP contribution in [0.25, 0.3) is 0 Å². The van der Waals surface area contributed by atoms with Crippen LogP contribution in [0.3, 0.4) is 0 Å². The van der Waals surface area contributed by atoms with E-state index in [1.54, 1.807) is 0 Å². The molecule has 11 heavy (non-hydrogen) atoms. The molecule has 0 spiro atoms. The van der Waals surface area contributed by atoms with E-state index in [1.165, 1.54) is 24.1 Å². The minimum absolute atomic E-state index is 0.491. The normalized spacial score (nSPS) is 20.4. The Labute approximate surface area is 75.4 Å². The van der Waals surface area contributed by atoms with Crippen LogP contribution in [0.1, 0.15) is 46.5 Å². The van der Waals surface area contributed by atoms with Gasteiger partial charge in [-0.25, -0.2) is 0 Å². The highest BCUT2D eigenvalue weighted by atomic mass is 32.1. The summed E-state index contributed by atoms with van der Waals surface area (Å²) in [5, 5.41) is 0. The molecular formula is C10H18S. The fraction of sp³-hybridized carbons (Fsp3) is 0.900. The molecule has 0 aromatic heterocycles. The van der Waals surface area contributed by atoms with Crippen molar-refractivity contribution in [1.29, 1.82) is 0 Å². The summed E-state index contributed by atoms with van der Waals surface area (Å²) < 4.78 is 0. The van der Waals surface area contributed by atoms with Gasteiger partial charge in [0.2, 0.25) is 0 Å². The molecule has 0 saturated heterocycles. The maximum absolute atomic E-state index is 5.43. The van der Waals surface area contributed by atoms with E-state index in [1.807, 2.05) is 0 Å². The van der Waals surface area contributed by atoms with Crippen LogP contribution in [0.5, 0.6) is 0 Å². The maximum Gasteiger partial charge on any atom is 0.00402 e. The van der Waals surface area contributed by atoms with Gasteiger partial charge in [0.15, 0.2) is 0 Å². The van der Waals surface area contributed by atoms with E-state index in [9.17, 15) is 0 Å². The second kappa shape index (κ2) is 3.22. The first-order valence-electron chi connectivity index (χ1n) is 4.67. The van der Waals surface area contributed by atoms with E-state index in [0.717, 1.165) is 12.3 Å². The molecule has 1 aliphatic carbocycles. The van der Waals surface area contributed by atoms with Crippen molar-refractivity contribution in [2.75, 3.05) is 0 Å². The van der Waals surface area contributed by atoms with Crippen LogP contribution in [-0.4, -0.2) is 4.86 Å². The van der Waals surface area contributed by atoms with Crippen LogP contribution < -0.4 is 0 Å². The molecule has 0 aliphatic heterocycles.